The standard InChI is InChI=1S/C12H13FN2O/c1-9(2)15-8-12(7-14-15)16-11-5-3-10(13)4-6-11/h3-9H,1-2H3. The molecule has 0 saturated heterocycles. The molecular weight excluding hydrogens is 207 g/mol. The van der Waals surface area contributed by atoms with E-state index in [9.17, 15) is 4.39 Å². The van der Waals surface area contributed by atoms with Crippen LogP contribution in [0.25, 0.3) is 0 Å². The van der Waals surface area contributed by atoms with Gasteiger partial charge in [0.2, 0.25) is 0 Å². The Bertz CT molecular complexity index is 462. The van der Waals surface area contributed by atoms with Crippen LogP contribution >= 0.6 is 0 Å². The predicted octanol–water partition coefficient (Wildman–Crippen LogP) is 3.40. The molecule has 0 N–H and O–H groups in total. The summed E-state index contributed by atoms with van der Waals surface area (Å²) in [5, 5.41) is 4.15. The van der Waals surface area contributed by atoms with Crippen LogP contribution in [0.4, 0.5) is 4.39 Å². The smallest absolute Gasteiger partial charge is 0.165 e. The number of halogens is 1. The molecule has 0 bridgehead atoms. The number of hydrogen-bond acceptors (Lipinski definition) is 2. The number of nitrogens with zero attached hydrogens (tertiary/aromatic N) is 2. The molecule has 3 nitrogen and oxygen atoms in total. The molecule has 0 aliphatic carbocycles. The summed E-state index contributed by atoms with van der Waals surface area (Å²) in [5.74, 6) is 0.982. The Morgan fingerprint density at radius 2 is 1.88 bits per heavy atom. The Hall–Kier alpha value is -1.84. The van der Waals surface area contributed by atoms with E-state index in [4.69, 9.17) is 4.74 Å². The van der Waals surface area contributed by atoms with Crippen molar-refractivity contribution < 1.29 is 9.13 Å². The fourth-order valence-electron chi connectivity index (χ4n) is 1.29. The molecule has 0 spiro atoms. The second kappa shape index (κ2) is 4.35. The van der Waals surface area contributed by atoms with Crippen molar-refractivity contribution in [1.82, 2.24) is 9.78 Å². The van der Waals surface area contributed by atoms with Crippen molar-refractivity contribution in [2.75, 3.05) is 0 Å². The third-order valence-corrected chi connectivity index (χ3v) is 2.16. The SMILES string of the molecule is CC(C)n1cc(Oc2ccc(F)cc2)cn1. The van der Waals surface area contributed by atoms with Gasteiger partial charge in [-0.1, -0.05) is 0 Å². The van der Waals surface area contributed by atoms with Crippen LogP contribution in [0.15, 0.2) is 36.7 Å². The van der Waals surface area contributed by atoms with Gasteiger partial charge in [0.1, 0.15) is 11.6 Å². The molecule has 0 aliphatic heterocycles. The first-order valence-corrected chi connectivity index (χ1v) is 5.13. The average Bonchev–Trinajstić information content (AvgIpc) is 2.70. The molecule has 4 heteroatoms. The van der Waals surface area contributed by atoms with Crippen molar-refractivity contribution in [3.05, 3.63) is 42.5 Å². The van der Waals surface area contributed by atoms with Crippen LogP contribution in [0, 0.1) is 5.82 Å². The van der Waals surface area contributed by atoms with E-state index in [1.165, 1.54) is 12.1 Å². The highest BCUT2D eigenvalue weighted by atomic mass is 19.1. The van der Waals surface area contributed by atoms with E-state index in [1.54, 1.807) is 23.0 Å². The maximum Gasteiger partial charge on any atom is 0.165 e. The number of hydrogen-bond donors (Lipinski definition) is 0. The van der Waals surface area contributed by atoms with Crippen molar-refractivity contribution in [3.8, 4) is 11.5 Å². The lowest BCUT2D eigenvalue weighted by molar-refractivity contribution is 0.475. The van der Waals surface area contributed by atoms with E-state index in [-0.39, 0.29) is 5.82 Å². The average molecular weight is 220 g/mol. The Kier molecular flexibility index (Phi) is 2.90. The normalized spacial score (nSPS) is 10.8. The minimum Gasteiger partial charge on any atom is -0.454 e. The summed E-state index contributed by atoms with van der Waals surface area (Å²) in [6.45, 7) is 4.07. The maximum absolute atomic E-state index is 12.7. The first-order chi connectivity index (χ1) is 7.65. The zero-order valence-corrected chi connectivity index (χ0v) is 9.22. The summed E-state index contributed by atoms with van der Waals surface area (Å²) in [5.41, 5.74) is 0. The topological polar surface area (TPSA) is 27.1 Å². The molecule has 2 rings (SSSR count). The highest BCUT2D eigenvalue weighted by molar-refractivity contribution is 5.28. The molecule has 0 amide bonds. The summed E-state index contributed by atoms with van der Waals surface area (Å²) in [6, 6.07) is 6.19. The van der Waals surface area contributed by atoms with Crippen molar-refractivity contribution >= 4 is 0 Å². The summed E-state index contributed by atoms with van der Waals surface area (Å²) in [7, 11) is 0. The zero-order chi connectivity index (χ0) is 11.5. The van der Waals surface area contributed by atoms with E-state index >= 15 is 0 Å². The quantitative estimate of drug-likeness (QED) is 0.792. The Morgan fingerprint density at radius 1 is 1.19 bits per heavy atom. The number of rotatable bonds is 3. The second-order valence-corrected chi connectivity index (χ2v) is 3.81. The van der Waals surface area contributed by atoms with Gasteiger partial charge in [-0.3, -0.25) is 4.68 Å². The highest BCUT2D eigenvalue weighted by Gasteiger charge is 2.03. The number of ether oxygens (including phenoxy) is 1. The van der Waals surface area contributed by atoms with Crippen LogP contribution in [0.1, 0.15) is 19.9 Å². The molecule has 1 aromatic carbocycles. The molecular formula is C12H13FN2O. The van der Waals surface area contributed by atoms with Crippen LogP contribution in [0.2, 0.25) is 0 Å². The van der Waals surface area contributed by atoms with Crippen LogP contribution in [0.3, 0.4) is 0 Å². The van der Waals surface area contributed by atoms with Gasteiger partial charge in [0.25, 0.3) is 0 Å². The van der Waals surface area contributed by atoms with Gasteiger partial charge in [-0.2, -0.15) is 5.10 Å². The number of aromatic nitrogens is 2. The lowest BCUT2D eigenvalue weighted by Crippen LogP contribution is -1.99. The Morgan fingerprint density at radius 3 is 2.44 bits per heavy atom. The van der Waals surface area contributed by atoms with Gasteiger partial charge in [-0.15, -0.1) is 0 Å². The van der Waals surface area contributed by atoms with Gasteiger partial charge in [-0.25, -0.2) is 4.39 Å². The van der Waals surface area contributed by atoms with E-state index in [2.05, 4.69) is 5.10 Å². The molecule has 0 fully saturated rings. The van der Waals surface area contributed by atoms with E-state index in [1.807, 2.05) is 20.0 Å². The van der Waals surface area contributed by atoms with Crippen molar-refractivity contribution in [2.45, 2.75) is 19.9 Å². The number of benzene rings is 1. The van der Waals surface area contributed by atoms with Crippen molar-refractivity contribution in [2.24, 2.45) is 0 Å². The van der Waals surface area contributed by atoms with E-state index < -0.39 is 0 Å². The maximum atomic E-state index is 12.7. The molecule has 0 aliphatic rings. The largest absolute Gasteiger partial charge is 0.454 e. The molecule has 0 radical (unpaired) electrons. The van der Waals surface area contributed by atoms with Crippen molar-refractivity contribution in [3.63, 3.8) is 0 Å². The lowest BCUT2D eigenvalue weighted by atomic mass is 10.3. The summed E-state index contributed by atoms with van der Waals surface area (Å²) in [4.78, 5) is 0. The van der Waals surface area contributed by atoms with Gasteiger partial charge >= 0.3 is 0 Å². The molecule has 0 atom stereocenters. The minimum absolute atomic E-state index is 0.273. The lowest BCUT2D eigenvalue weighted by Gasteiger charge is -2.04. The van der Waals surface area contributed by atoms with Crippen LogP contribution in [0.5, 0.6) is 11.5 Å². The van der Waals surface area contributed by atoms with E-state index in [0.29, 0.717) is 17.5 Å². The summed E-state index contributed by atoms with van der Waals surface area (Å²) >= 11 is 0. The molecule has 1 aromatic heterocycles. The fraction of sp³-hybridized carbons (Fsp3) is 0.250. The summed E-state index contributed by atoms with van der Waals surface area (Å²) < 4.78 is 20.0. The zero-order valence-electron chi connectivity index (χ0n) is 9.22. The van der Waals surface area contributed by atoms with Crippen LogP contribution in [-0.4, -0.2) is 9.78 Å². The monoisotopic (exact) mass is 220 g/mol. The van der Waals surface area contributed by atoms with Crippen LogP contribution < -0.4 is 4.74 Å². The minimum atomic E-state index is -0.273. The van der Waals surface area contributed by atoms with Crippen molar-refractivity contribution in [1.29, 1.82) is 0 Å². The molecule has 1 heterocycles. The molecule has 0 saturated carbocycles. The Balaban J connectivity index is 2.11. The highest BCUT2D eigenvalue weighted by Crippen LogP contribution is 2.21. The third-order valence-electron chi connectivity index (χ3n) is 2.16. The van der Waals surface area contributed by atoms with Crippen LogP contribution in [-0.2, 0) is 0 Å². The van der Waals surface area contributed by atoms with Gasteiger partial charge in [0.05, 0.1) is 12.4 Å². The van der Waals surface area contributed by atoms with Gasteiger partial charge in [0.15, 0.2) is 5.75 Å². The predicted molar refractivity (Wildman–Crippen MR) is 59.1 cm³/mol. The van der Waals surface area contributed by atoms with Gasteiger partial charge < -0.3 is 4.74 Å². The second-order valence-electron chi connectivity index (χ2n) is 3.81. The Labute approximate surface area is 93.5 Å². The first kappa shape index (κ1) is 10.7. The first-order valence-electron chi connectivity index (χ1n) is 5.13. The molecule has 16 heavy (non-hydrogen) atoms. The molecule has 2 aromatic rings. The van der Waals surface area contributed by atoms with E-state index in [0.717, 1.165) is 0 Å². The fourth-order valence-corrected chi connectivity index (χ4v) is 1.29. The molecule has 84 valence electrons. The summed E-state index contributed by atoms with van der Waals surface area (Å²) in [6.07, 6.45) is 3.46. The molecule has 0 unspecified atom stereocenters. The third kappa shape index (κ3) is 2.39. The van der Waals surface area contributed by atoms with Gasteiger partial charge in [0, 0.05) is 6.04 Å². The van der Waals surface area contributed by atoms with Gasteiger partial charge in [-0.05, 0) is 38.1 Å².